The smallest absolute Gasteiger partial charge is 0.0940 e. The first-order valence-corrected chi connectivity index (χ1v) is 7.68. The van der Waals surface area contributed by atoms with E-state index in [0.29, 0.717) is 12.0 Å². The minimum Gasteiger partial charge on any atom is -0.378 e. The van der Waals surface area contributed by atoms with Crippen LogP contribution < -0.4 is 5.32 Å². The summed E-state index contributed by atoms with van der Waals surface area (Å²) in [5.41, 5.74) is 2.71. The van der Waals surface area contributed by atoms with Crippen LogP contribution in [-0.4, -0.2) is 32.5 Å². The highest BCUT2D eigenvalue weighted by Crippen LogP contribution is 2.40. The first-order valence-electron chi connectivity index (χ1n) is 7.68. The van der Waals surface area contributed by atoms with Crippen molar-refractivity contribution >= 4 is 0 Å². The Hall–Kier alpha value is -0.900. The molecule has 3 atom stereocenters. The highest BCUT2D eigenvalue weighted by Gasteiger charge is 2.42. The summed E-state index contributed by atoms with van der Waals surface area (Å²) >= 11 is 0. The first-order chi connectivity index (χ1) is 9.72. The lowest BCUT2D eigenvalue weighted by atomic mass is 9.79. The number of benzene rings is 1. The summed E-state index contributed by atoms with van der Waals surface area (Å²) in [5.74, 6) is 0.622. The van der Waals surface area contributed by atoms with Crippen LogP contribution in [-0.2, 0) is 9.47 Å². The van der Waals surface area contributed by atoms with E-state index >= 15 is 0 Å². The number of hydrogen-bond acceptors (Lipinski definition) is 3. The summed E-state index contributed by atoms with van der Waals surface area (Å²) in [4.78, 5) is 0. The van der Waals surface area contributed by atoms with Gasteiger partial charge >= 0.3 is 0 Å². The van der Waals surface area contributed by atoms with Gasteiger partial charge in [-0.25, -0.2) is 0 Å². The summed E-state index contributed by atoms with van der Waals surface area (Å²) in [6, 6.07) is 9.27. The van der Waals surface area contributed by atoms with Gasteiger partial charge in [-0.3, -0.25) is 0 Å². The number of nitrogens with one attached hydrogen (secondary N) is 1. The predicted octanol–water partition coefficient (Wildman–Crippen LogP) is 2.84. The Kier molecular flexibility index (Phi) is 4.11. The summed E-state index contributed by atoms with van der Waals surface area (Å²) in [6.07, 6.45) is 3.28. The lowest BCUT2D eigenvalue weighted by molar-refractivity contribution is -0.103. The van der Waals surface area contributed by atoms with Gasteiger partial charge < -0.3 is 14.8 Å². The maximum Gasteiger partial charge on any atom is 0.0940 e. The van der Waals surface area contributed by atoms with E-state index < -0.39 is 0 Å². The predicted molar refractivity (Wildman–Crippen MR) is 79.8 cm³/mol. The van der Waals surface area contributed by atoms with E-state index in [0.717, 1.165) is 39.1 Å². The summed E-state index contributed by atoms with van der Waals surface area (Å²) in [7, 11) is 2.07. The average molecular weight is 275 g/mol. The molecule has 2 aliphatic heterocycles. The van der Waals surface area contributed by atoms with Gasteiger partial charge in [0.25, 0.3) is 0 Å². The van der Waals surface area contributed by atoms with Gasteiger partial charge in [0, 0.05) is 25.7 Å². The Morgan fingerprint density at radius 1 is 1.35 bits per heavy atom. The van der Waals surface area contributed by atoms with E-state index in [-0.39, 0.29) is 5.60 Å². The molecule has 2 heterocycles. The summed E-state index contributed by atoms with van der Waals surface area (Å²) < 4.78 is 11.6. The largest absolute Gasteiger partial charge is 0.378 e. The zero-order valence-corrected chi connectivity index (χ0v) is 12.5. The third-order valence-electron chi connectivity index (χ3n) is 4.78. The molecule has 0 radical (unpaired) electrons. The van der Waals surface area contributed by atoms with E-state index in [1.165, 1.54) is 11.1 Å². The summed E-state index contributed by atoms with van der Waals surface area (Å²) in [5, 5.41) is 3.53. The molecule has 110 valence electrons. The molecule has 3 unspecified atom stereocenters. The molecule has 0 bridgehead atoms. The Bertz CT molecular complexity index is 454. The molecule has 3 heteroatoms. The van der Waals surface area contributed by atoms with E-state index in [9.17, 15) is 0 Å². The van der Waals surface area contributed by atoms with Gasteiger partial charge in [0.2, 0.25) is 0 Å². The molecular weight excluding hydrogens is 250 g/mol. The van der Waals surface area contributed by atoms with Crippen molar-refractivity contribution in [2.45, 2.75) is 37.8 Å². The van der Waals surface area contributed by atoms with Crippen molar-refractivity contribution in [2.75, 3.05) is 26.9 Å². The van der Waals surface area contributed by atoms with E-state index in [1.54, 1.807) is 0 Å². The van der Waals surface area contributed by atoms with Crippen molar-refractivity contribution in [3.8, 4) is 0 Å². The van der Waals surface area contributed by atoms with Crippen molar-refractivity contribution in [1.82, 2.24) is 5.32 Å². The fourth-order valence-electron chi connectivity index (χ4n) is 3.75. The van der Waals surface area contributed by atoms with Crippen LogP contribution in [0.2, 0.25) is 0 Å². The molecule has 3 rings (SSSR count). The molecule has 2 aliphatic rings. The highest BCUT2D eigenvalue weighted by atomic mass is 16.6. The first kappa shape index (κ1) is 14.1. The molecule has 1 aromatic carbocycles. The molecule has 2 saturated heterocycles. The van der Waals surface area contributed by atoms with E-state index in [1.807, 2.05) is 0 Å². The Morgan fingerprint density at radius 3 is 2.95 bits per heavy atom. The SMILES string of the molecule is CNC(c1cccc(C)c1)C1CCOC2(CCOC2)C1. The number of aryl methyl sites for hydroxylation is 1. The second-order valence-electron chi connectivity index (χ2n) is 6.27. The number of ether oxygens (including phenoxy) is 2. The maximum atomic E-state index is 6.06. The number of rotatable bonds is 3. The van der Waals surface area contributed by atoms with Crippen LogP contribution in [0.1, 0.15) is 36.4 Å². The molecule has 0 amide bonds. The van der Waals surface area contributed by atoms with E-state index in [2.05, 4.69) is 43.6 Å². The molecule has 0 aliphatic carbocycles. The van der Waals surface area contributed by atoms with Crippen molar-refractivity contribution in [2.24, 2.45) is 5.92 Å². The summed E-state index contributed by atoms with van der Waals surface area (Å²) in [6.45, 7) is 4.64. The second kappa shape index (κ2) is 5.84. The van der Waals surface area contributed by atoms with Crippen LogP contribution in [0.4, 0.5) is 0 Å². The average Bonchev–Trinajstić information content (AvgIpc) is 2.88. The van der Waals surface area contributed by atoms with Gasteiger partial charge in [-0.2, -0.15) is 0 Å². The van der Waals surface area contributed by atoms with Gasteiger partial charge in [0.1, 0.15) is 0 Å². The van der Waals surface area contributed by atoms with Crippen molar-refractivity contribution in [1.29, 1.82) is 0 Å². The van der Waals surface area contributed by atoms with Gasteiger partial charge in [-0.15, -0.1) is 0 Å². The van der Waals surface area contributed by atoms with Crippen LogP contribution >= 0.6 is 0 Å². The zero-order chi connectivity index (χ0) is 14.0. The van der Waals surface area contributed by atoms with Gasteiger partial charge in [0.15, 0.2) is 0 Å². The lowest BCUT2D eigenvalue weighted by Gasteiger charge is -2.40. The third-order valence-corrected chi connectivity index (χ3v) is 4.78. The maximum absolute atomic E-state index is 6.06. The minimum absolute atomic E-state index is 0.0121. The molecule has 1 N–H and O–H groups in total. The van der Waals surface area contributed by atoms with Crippen LogP contribution in [0.3, 0.4) is 0 Å². The lowest BCUT2D eigenvalue weighted by Crippen LogP contribution is -2.43. The fourth-order valence-corrected chi connectivity index (χ4v) is 3.75. The molecule has 1 aromatic rings. The van der Waals surface area contributed by atoms with Gasteiger partial charge in [-0.05, 0) is 38.3 Å². The van der Waals surface area contributed by atoms with Crippen LogP contribution in [0.15, 0.2) is 24.3 Å². The van der Waals surface area contributed by atoms with Gasteiger partial charge in [-0.1, -0.05) is 29.8 Å². The number of hydrogen-bond donors (Lipinski definition) is 1. The minimum atomic E-state index is -0.0121. The Morgan fingerprint density at radius 2 is 2.25 bits per heavy atom. The molecule has 1 spiro atoms. The van der Waals surface area contributed by atoms with Crippen molar-refractivity contribution in [3.63, 3.8) is 0 Å². The molecule has 0 saturated carbocycles. The monoisotopic (exact) mass is 275 g/mol. The van der Waals surface area contributed by atoms with Crippen molar-refractivity contribution < 1.29 is 9.47 Å². The normalized spacial score (nSPS) is 31.6. The van der Waals surface area contributed by atoms with Crippen LogP contribution in [0.5, 0.6) is 0 Å². The van der Waals surface area contributed by atoms with Crippen molar-refractivity contribution in [3.05, 3.63) is 35.4 Å². The zero-order valence-electron chi connectivity index (χ0n) is 12.5. The molecule has 2 fully saturated rings. The van der Waals surface area contributed by atoms with Crippen LogP contribution in [0, 0.1) is 12.8 Å². The quantitative estimate of drug-likeness (QED) is 0.920. The van der Waals surface area contributed by atoms with Gasteiger partial charge in [0.05, 0.1) is 12.2 Å². The van der Waals surface area contributed by atoms with E-state index in [4.69, 9.17) is 9.47 Å². The Balaban J connectivity index is 1.78. The third kappa shape index (κ3) is 2.76. The topological polar surface area (TPSA) is 30.5 Å². The molecular formula is C17H25NO2. The fraction of sp³-hybridized carbons (Fsp3) is 0.647. The standard InChI is InChI=1S/C17H25NO2/c1-13-4-3-5-14(10-13)16(18-2)15-6-8-20-17(11-15)7-9-19-12-17/h3-5,10,15-16,18H,6-9,11-12H2,1-2H3. The Labute approximate surface area is 121 Å². The molecule has 3 nitrogen and oxygen atoms in total. The molecule has 20 heavy (non-hydrogen) atoms. The second-order valence-corrected chi connectivity index (χ2v) is 6.27. The highest BCUT2D eigenvalue weighted by molar-refractivity contribution is 5.26. The molecule has 0 aromatic heterocycles. The van der Waals surface area contributed by atoms with Crippen LogP contribution in [0.25, 0.3) is 0 Å².